The number of ether oxygens (including phenoxy) is 1. The van der Waals surface area contributed by atoms with Gasteiger partial charge in [-0.15, -0.1) is 0 Å². The minimum Gasteiger partial charge on any atom is -0.456 e. The van der Waals surface area contributed by atoms with Gasteiger partial charge in [0.1, 0.15) is 6.10 Å². The molecule has 1 rings (SSSR count). The zero-order chi connectivity index (χ0) is 15.0. The van der Waals surface area contributed by atoms with Crippen LogP contribution in [0.5, 0.6) is 0 Å². The summed E-state index contributed by atoms with van der Waals surface area (Å²) >= 11 is 0. The van der Waals surface area contributed by atoms with Gasteiger partial charge in [0.2, 0.25) is 0 Å². The Hall–Kier alpha value is -1.35. The Morgan fingerprint density at radius 3 is 2.40 bits per heavy atom. The molecule has 1 aromatic carbocycles. The molecule has 0 saturated heterocycles. The Labute approximate surface area is 122 Å². The lowest BCUT2D eigenvalue weighted by Gasteiger charge is -2.29. The molecule has 0 N–H and O–H groups in total. The average Bonchev–Trinajstić information content (AvgIpc) is 2.45. The maximum absolute atomic E-state index is 12.0. The molecule has 0 saturated carbocycles. The number of nitrogens with zero attached hydrogens (tertiary/aromatic N) is 1. The van der Waals surface area contributed by atoms with Crippen LogP contribution in [0.25, 0.3) is 0 Å². The average molecular weight is 277 g/mol. The van der Waals surface area contributed by atoms with E-state index in [-0.39, 0.29) is 18.1 Å². The van der Waals surface area contributed by atoms with Crippen LogP contribution < -0.4 is 0 Å². The van der Waals surface area contributed by atoms with E-state index in [4.69, 9.17) is 4.74 Å². The molecule has 0 fully saturated rings. The Morgan fingerprint density at radius 2 is 1.85 bits per heavy atom. The van der Waals surface area contributed by atoms with Crippen LogP contribution in [0.1, 0.15) is 51.2 Å². The van der Waals surface area contributed by atoms with Crippen molar-refractivity contribution in [1.82, 2.24) is 4.90 Å². The fourth-order valence-corrected chi connectivity index (χ4v) is 2.08. The number of esters is 1. The van der Waals surface area contributed by atoms with Crippen molar-refractivity contribution < 1.29 is 9.53 Å². The van der Waals surface area contributed by atoms with E-state index < -0.39 is 0 Å². The van der Waals surface area contributed by atoms with E-state index in [1.165, 1.54) is 0 Å². The second kappa shape index (κ2) is 8.75. The predicted octanol–water partition coefficient (Wildman–Crippen LogP) is 3.80. The van der Waals surface area contributed by atoms with Gasteiger partial charge >= 0.3 is 5.97 Å². The number of unbranched alkanes of at least 4 members (excludes halogenated alkanes) is 2. The van der Waals surface area contributed by atoms with Crippen molar-refractivity contribution in [2.24, 2.45) is 0 Å². The molecule has 1 aromatic rings. The van der Waals surface area contributed by atoms with Gasteiger partial charge in [-0.05, 0) is 33.0 Å². The molecule has 0 spiro atoms. The third kappa shape index (κ3) is 5.33. The van der Waals surface area contributed by atoms with E-state index in [1.807, 2.05) is 44.4 Å². The molecule has 3 nitrogen and oxygen atoms in total. The topological polar surface area (TPSA) is 29.5 Å². The third-order valence-electron chi connectivity index (χ3n) is 3.62. The van der Waals surface area contributed by atoms with Gasteiger partial charge in [0.25, 0.3) is 0 Å². The standard InChI is InChI=1S/C17H27NO2/c1-5-6-8-13-16(19)20-17(14(2)18(3)4)15-11-9-7-10-12-15/h7,9-12,14,17H,5-6,8,13H2,1-4H3. The van der Waals surface area contributed by atoms with Gasteiger partial charge in [0.05, 0.1) is 0 Å². The van der Waals surface area contributed by atoms with E-state index in [2.05, 4.69) is 18.7 Å². The van der Waals surface area contributed by atoms with Gasteiger partial charge in [-0.25, -0.2) is 0 Å². The molecule has 0 bridgehead atoms. The van der Waals surface area contributed by atoms with Crippen LogP contribution in [-0.2, 0) is 9.53 Å². The van der Waals surface area contributed by atoms with Gasteiger partial charge < -0.3 is 9.64 Å². The zero-order valence-corrected chi connectivity index (χ0v) is 13.1. The number of carbonyl (C=O) groups excluding carboxylic acids is 1. The molecule has 0 aromatic heterocycles. The number of hydrogen-bond donors (Lipinski definition) is 0. The van der Waals surface area contributed by atoms with Crippen molar-refractivity contribution in [2.45, 2.75) is 51.7 Å². The first-order chi connectivity index (χ1) is 9.56. The Balaban J connectivity index is 2.71. The quantitative estimate of drug-likeness (QED) is 0.534. The zero-order valence-electron chi connectivity index (χ0n) is 13.1. The Kier molecular flexibility index (Phi) is 7.31. The highest BCUT2D eigenvalue weighted by atomic mass is 16.5. The van der Waals surface area contributed by atoms with Crippen molar-refractivity contribution in [3.63, 3.8) is 0 Å². The van der Waals surface area contributed by atoms with E-state index >= 15 is 0 Å². The molecule has 2 unspecified atom stereocenters. The first-order valence-corrected chi connectivity index (χ1v) is 7.47. The number of benzene rings is 1. The molecule has 0 aliphatic rings. The van der Waals surface area contributed by atoms with Gasteiger partial charge in [-0.3, -0.25) is 4.79 Å². The number of carbonyl (C=O) groups is 1. The summed E-state index contributed by atoms with van der Waals surface area (Å²) in [6, 6.07) is 10.1. The van der Waals surface area contributed by atoms with E-state index in [0.717, 1.165) is 24.8 Å². The first kappa shape index (κ1) is 16.7. The van der Waals surface area contributed by atoms with Crippen molar-refractivity contribution in [2.75, 3.05) is 14.1 Å². The van der Waals surface area contributed by atoms with Crippen LogP contribution in [0.2, 0.25) is 0 Å². The van der Waals surface area contributed by atoms with Gasteiger partial charge in [0, 0.05) is 12.5 Å². The van der Waals surface area contributed by atoms with Crippen LogP contribution in [0, 0.1) is 0 Å². The summed E-state index contributed by atoms with van der Waals surface area (Å²) in [5, 5.41) is 0. The lowest BCUT2D eigenvalue weighted by molar-refractivity contribution is -0.152. The number of rotatable bonds is 8. The van der Waals surface area contributed by atoms with Crippen LogP contribution in [-0.4, -0.2) is 31.0 Å². The summed E-state index contributed by atoms with van der Waals surface area (Å²) < 4.78 is 5.73. The summed E-state index contributed by atoms with van der Waals surface area (Å²) in [5.74, 6) is -0.0963. The fourth-order valence-electron chi connectivity index (χ4n) is 2.08. The van der Waals surface area contributed by atoms with E-state index in [9.17, 15) is 4.79 Å². The summed E-state index contributed by atoms with van der Waals surface area (Å²) in [6.45, 7) is 4.21. The summed E-state index contributed by atoms with van der Waals surface area (Å²) in [6.07, 6.45) is 3.41. The van der Waals surface area contributed by atoms with Crippen molar-refractivity contribution in [3.05, 3.63) is 35.9 Å². The second-order valence-corrected chi connectivity index (χ2v) is 5.48. The first-order valence-electron chi connectivity index (χ1n) is 7.47. The third-order valence-corrected chi connectivity index (χ3v) is 3.62. The highest BCUT2D eigenvalue weighted by Crippen LogP contribution is 2.24. The van der Waals surface area contributed by atoms with E-state index in [1.54, 1.807) is 0 Å². The predicted molar refractivity (Wildman–Crippen MR) is 82.6 cm³/mol. The molecule has 0 radical (unpaired) electrons. The summed E-state index contributed by atoms with van der Waals surface area (Å²) in [4.78, 5) is 14.1. The maximum atomic E-state index is 12.0. The summed E-state index contributed by atoms with van der Waals surface area (Å²) in [7, 11) is 4.01. The van der Waals surface area contributed by atoms with Gasteiger partial charge in [-0.1, -0.05) is 50.1 Å². The highest BCUT2D eigenvalue weighted by molar-refractivity contribution is 5.69. The van der Waals surface area contributed by atoms with Crippen LogP contribution in [0.3, 0.4) is 0 Å². The molecule has 0 aliphatic carbocycles. The largest absolute Gasteiger partial charge is 0.456 e. The molecule has 2 atom stereocenters. The number of hydrogen-bond acceptors (Lipinski definition) is 3. The molecule has 112 valence electrons. The van der Waals surface area contributed by atoms with Crippen LogP contribution >= 0.6 is 0 Å². The van der Waals surface area contributed by atoms with Crippen LogP contribution in [0.4, 0.5) is 0 Å². The minimum atomic E-state index is -0.208. The van der Waals surface area contributed by atoms with Gasteiger partial charge in [0.15, 0.2) is 0 Å². The Morgan fingerprint density at radius 1 is 1.20 bits per heavy atom. The van der Waals surface area contributed by atoms with E-state index in [0.29, 0.717) is 6.42 Å². The molecule has 0 aliphatic heterocycles. The van der Waals surface area contributed by atoms with Crippen molar-refractivity contribution in [1.29, 1.82) is 0 Å². The molecule has 0 heterocycles. The van der Waals surface area contributed by atoms with Crippen molar-refractivity contribution >= 4 is 5.97 Å². The minimum absolute atomic E-state index is 0.0963. The van der Waals surface area contributed by atoms with Crippen LogP contribution in [0.15, 0.2) is 30.3 Å². The normalized spacial score (nSPS) is 14.1. The lowest BCUT2D eigenvalue weighted by Crippen LogP contribution is -2.33. The van der Waals surface area contributed by atoms with Gasteiger partial charge in [-0.2, -0.15) is 0 Å². The second-order valence-electron chi connectivity index (χ2n) is 5.48. The number of likely N-dealkylation sites (N-methyl/N-ethyl adjacent to an activating group) is 1. The lowest BCUT2D eigenvalue weighted by atomic mass is 10.0. The molecular formula is C17H27NO2. The Bertz CT molecular complexity index is 389. The fraction of sp³-hybridized carbons (Fsp3) is 0.588. The summed E-state index contributed by atoms with van der Waals surface area (Å²) in [5.41, 5.74) is 1.05. The smallest absolute Gasteiger partial charge is 0.306 e. The molecule has 0 amide bonds. The SMILES string of the molecule is CCCCCC(=O)OC(c1ccccc1)C(C)N(C)C. The molecular weight excluding hydrogens is 250 g/mol. The molecule has 20 heavy (non-hydrogen) atoms. The van der Waals surface area contributed by atoms with Crippen molar-refractivity contribution in [3.8, 4) is 0 Å². The maximum Gasteiger partial charge on any atom is 0.306 e. The molecule has 3 heteroatoms. The highest BCUT2D eigenvalue weighted by Gasteiger charge is 2.24. The monoisotopic (exact) mass is 277 g/mol.